The number of nitrogen functional groups attached to an aromatic ring is 1. The number of rotatable bonds is 11. The van der Waals surface area contributed by atoms with Gasteiger partial charge >= 0.3 is 0 Å². The number of anilines is 2. The number of pyridine rings is 1. The van der Waals surface area contributed by atoms with Crippen LogP contribution in [0.4, 0.5) is 24.7 Å². The van der Waals surface area contributed by atoms with Gasteiger partial charge in [0.25, 0.3) is 0 Å². The predicted molar refractivity (Wildman–Crippen MR) is 165 cm³/mol. The van der Waals surface area contributed by atoms with Crippen molar-refractivity contribution >= 4 is 32.4 Å². The molecule has 1 aliphatic rings. The van der Waals surface area contributed by atoms with Crippen molar-refractivity contribution in [3.8, 4) is 11.3 Å². The summed E-state index contributed by atoms with van der Waals surface area (Å²) >= 11 is 0. The van der Waals surface area contributed by atoms with Gasteiger partial charge in [-0.3, -0.25) is 9.40 Å². The normalized spacial score (nSPS) is 17.4. The molecule has 1 fully saturated rings. The van der Waals surface area contributed by atoms with Crippen molar-refractivity contribution in [2.45, 2.75) is 63.3 Å². The Kier molecular flexibility index (Phi) is 9.47. The standard InChI is InChI=1S/C31H37F3N6O3S/c1-18(2)40-30-23(19-8-10-21(11-9-19)36-12-13-43-3)16-37-31(35)28(30)29(38-40)22-14-26(34)27(15-25(22)33)39-44(41,42)17-20-6-4-5-7-24(20)32/h4-7,14-16,18-19,21,36,39H,8-13,17H2,1-3H3,(H2,35,37). The number of sulfonamides is 1. The summed E-state index contributed by atoms with van der Waals surface area (Å²) in [5.41, 5.74) is 7.28. The first-order valence-corrected chi connectivity index (χ1v) is 16.3. The van der Waals surface area contributed by atoms with Crippen LogP contribution < -0.4 is 15.8 Å². The molecule has 0 unspecified atom stereocenters. The number of methoxy groups -OCH3 is 1. The fraction of sp³-hybridized carbons (Fsp3) is 0.419. The van der Waals surface area contributed by atoms with Crippen LogP contribution in [0.3, 0.4) is 0 Å². The Morgan fingerprint density at radius 2 is 1.80 bits per heavy atom. The summed E-state index contributed by atoms with van der Waals surface area (Å²) in [4.78, 5) is 4.44. The molecular weight excluding hydrogens is 593 g/mol. The van der Waals surface area contributed by atoms with Crippen molar-refractivity contribution in [3.05, 3.63) is 71.2 Å². The Bertz CT molecular complexity index is 1750. The largest absolute Gasteiger partial charge is 0.383 e. The van der Waals surface area contributed by atoms with Gasteiger partial charge in [-0.15, -0.1) is 0 Å². The van der Waals surface area contributed by atoms with E-state index in [4.69, 9.17) is 15.6 Å². The van der Waals surface area contributed by atoms with Gasteiger partial charge in [0.15, 0.2) is 0 Å². The maximum absolute atomic E-state index is 15.7. The average molecular weight is 631 g/mol. The molecule has 0 atom stereocenters. The van der Waals surface area contributed by atoms with E-state index in [0.717, 1.165) is 61.5 Å². The molecule has 4 N–H and O–H groups in total. The first-order chi connectivity index (χ1) is 21.0. The third-order valence-electron chi connectivity index (χ3n) is 8.06. The molecule has 236 valence electrons. The number of ether oxygens (including phenoxy) is 1. The zero-order valence-electron chi connectivity index (χ0n) is 24.9. The second-order valence-electron chi connectivity index (χ2n) is 11.5. The van der Waals surface area contributed by atoms with Gasteiger partial charge in [0.2, 0.25) is 10.0 Å². The third kappa shape index (κ3) is 6.69. The molecule has 0 spiro atoms. The lowest BCUT2D eigenvalue weighted by atomic mass is 9.81. The molecule has 4 aromatic rings. The van der Waals surface area contributed by atoms with Crippen LogP contribution in [0.1, 0.15) is 62.6 Å². The molecule has 1 aliphatic carbocycles. The van der Waals surface area contributed by atoms with E-state index in [1.807, 2.05) is 18.6 Å². The molecule has 0 aliphatic heterocycles. The quantitative estimate of drug-likeness (QED) is 0.177. The molecule has 1 saturated carbocycles. The molecule has 0 saturated heterocycles. The van der Waals surface area contributed by atoms with E-state index in [-0.39, 0.29) is 34.6 Å². The van der Waals surface area contributed by atoms with E-state index >= 15 is 8.78 Å². The van der Waals surface area contributed by atoms with Crippen LogP contribution >= 0.6 is 0 Å². The minimum Gasteiger partial charge on any atom is -0.383 e. The Hall–Kier alpha value is -3.68. The second kappa shape index (κ2) is 13.1. The van der Waals surface area contributed by atoms with Gasteiger partial charge in [-0.2, -0.15) is 5.10 Å². The van der Waals surface area contributed by atoms with Crippen molar-refractivity contribution in [2.75, 3.05) is 30.7 Å². The van der Waals surface area contributed by atoms with Crippen molar-refractivity contribution in [1.82, 2.24) is 20.1 Å². The maximum atomic E-state index is 15.7. The van der Waals surface area contributed by atoms with E-state index in [2.05, 4.69) is 10.3 Å². The molecular formula is C31H37F3N6O3S. The minimum atomic E-state index is -4.26. The fourth-order valence-corrected chi connectivity index (χ4v) is 7.09. The van der Waals surface area contributed by atoms with Gasteiger partial charge in [0.05, 0.1) is 29.0 Å². The van der Waals surface area contributed by atoms with Gasteiger partial charge in [0, 0.05) is 49.1 Å². The predicted octanol–water partition coefficient (Wildman–Crippen LogP) is 5.88. The summed E-state index contributed by atoms with van der Waals surface area (Å²) in [7, 11) is -2.58. The van der Waals surface area contributed by atoms with Crippen molar-refractivity contribution in [2.24, 2.45) is 0 Å². The number of nitrogens with one attached hydrogen (secondary N) is 2. The number of fused-ring (bicyclic) bond motifs is 1. The number of benzene rings is 2. The van der Waals surface area contributed by atoms with Crippen molar-refractivity contribution in [3.63, 3.8) is 0 Å². The fourth-order valence-electron chi connectivity index (χ4n) is 5.88. The molecule has 0 bridgehead atoms. The van der Waals surface area contributed by atoms with Crippen LogP contribution in [0.5, 0.6) is 0 Å². The molecule has 44 heavy (non-hydrogen) atoms. The van der Waals surface area contributed by atoms with Gasteiger partial charge in [0.1, 0.15) is 29.0 Å². The highest BCUT2D eigenvalue weighted by atomic mass is 32.2. The Morgan fingerprint density at radius 1 is 1.07 bits per heavy atom. The highest BCUT2D eigenvalue weighted by molar-refractivity contribution is 7.91. The molecule has 9 nitrogen and oxygen atoms in total. The number of aromatic nitrogens is 3. The zero-order valence-corrected chi connectivity index (χ0v) is 25.7. The molecule has 2 aromatic carbocycles. The number of hydrogen-bond donors (Lipinski definition) is 3. The van der Waals surface area contributed by atoms with E-state index in [0.29, 0.717) is 18.0 Å². The molecule has 0 radical (unpaired) electrons. The van der Waals surface area contributed by atoms with Crippen LogP contribution in [-0.4, -0.2) is 49.5 Å². The van der Waals surface area contributed by atoms with Gasteiger partial charge < -0.3 is 15.8 Å². The highest BCUT2D eigenvalue weighted by Gasteiger charge is 2.29. The van der Waals surface area contributed by atoms with E-state index in [9.17, 15) is 12.8 Å². The second-order valence-corrected chi connectivity index (χ2v) is 13.2. The summed E-state index contributed by atoms with van der Waals surface area (Å²) in [5, 5.41) is 8.64. The monoisotopic (exact) mass is 630 g/mol. The molecule has 13 heteroatoms. The number of nitrogens with zero attached hydrogens (tertiary/aromatic N) is 3. The summed E-state index contributed by atoms with van der Waals surface area (Å²) in [6, 6.07) is 7.27. The summed E-state index contributed by atoms with van der Waals surface area (Å²) in [6.45, 7) is 5.32. The summed E-state index contributed by atoms with van der Waals surface area (Å²) in [6.07, 6.45) is 5.52. The highest BCUT2D eigenvalue weighted by Crippen LogP contribution is 2.42. The van der Waals surface area contributed by atoms with Crippen LogP contribution in [-0.2, 0) is 20.5 Å². The van der Waals surface area contributed by atoms with Crippen LogP contribution in [0.15, 0.2) is 42.6 Å². The SMILES string of the molecule is COCCNC1CCC(c2cnc(N)c3c(-c4cc(F)c(NS(=O)(=O)Cc5ccccc5F)cc4F)nn(C(C)C)c23)CC1. The number of halogens is 3. The van der Waals surface area contributed by atoms with E-state index in [1.54, 1.807) is 18.0 Å². The first kappa shape index (κ1) is 31.7. The van der Waals surface area contributed by atoms with Gasteiger partial charge in [-0.05, 0) is 63.1 Å². The lowest BCUT2D eigenvalue weighted by molar-refractivity contribution is 0.191. The Morgan fingerprint density at radius 3 is 2.48 bits per heavy atom. The van der Waals surface area contributed by atoms with Crippen LogP contribution in [0.25, 0.3) is 22.2 Å². The first-order valence-electron chi connectivity index (χ1n) is 14.6. The Balaban J connectivity index is 1.48. The lowest BCUT2D eigenvalue weighted by Gasteiger charge is -2.30. The smallest absolute Gasteiger partial charge is 0.237 e. The van der Waals surface area contributed by atoms with Gasteiger partial charge in [-0.25, -0.2) is 26.6 Å². The van der Waals surface area contributed by atoms with Gasteiger partial charge in [-0.1, -0.05) is 18.2 Å². The van der Waals surface area contributed by atoms with E-state index < -0.39 is 38.9 Å². The topological polar surface area (TPSA) is 124 Å². The molecule has 0 amide bonds. The third-order valence-corrected chi connectivity index (χ3v) is 9.28. The minimum absolute atomic E-state index is 0.0992. The van der Waals surface area contributed by atoms with Crippen molar-refractivity contribution < 1.29 is 26.3 Å². The van der Waals surface area contributed by atoms with Crippen LogP contribution in [0, 0.1) is 17.5 Å². The summed E-state index contributed by atoms with van der Waals surface area (Å²) < 4.78 is 79.4. The van der Waals surface area contributed by atoms with Crippen LogP contribution in [0.2, 0.25) is 0 Å². The summed E-state index contributed by atoms with van der Waals surface area (Å²) in [5.74, 6) is -3.08. The molecule has 2 heterocycles. The average Bonchev–Trinajstić information content (AvgIpc) is 3.38. The lowest BCUT2D eigenvalue weighted by Crippen LogP contribution is -2.34. The molecule has 2 aromatic heterocycles. The molecule has 5 rings (SSSR count). The van der Waals surface area contributed by atoms with Crippen molar-refractivity contribution in [1.29, 1.82) is 0 Å². The van der Waals surface area contributed by atoms with E-state index in [1.165, 1.54) is 18.2 Å². The zero-order chi connectivity index (χ0) is 31.6. The number of hydrogen-bond acceptors (Lipinski definition) is 7. The number of nitrogens with two attached hydrogens (primary N) is 1. The Labute approximate surface area is 255 Å². The maximum Gasteiger partial charge on any atom is 0.237 e.